The third-order valence-corrected chi connectivity index (χ3v) is 5.18. The highest BCUT2D eigenvalue weighted by Crippen LogP contribution is 2.36. The van der Waals surface area contributed by atoms with Crippen LogP contribution >= 0.6 is 11.3 Å². The van der Waals surface area contributed by atoms with E-state index < -0.39 is 23.1 Å². The van der Waals surface area contributed by atoms with Crippen LogP contribution in [0, 0.1) is 18.6 Å². The van der Waals surface area contributed by atoms with Crippen LogP contribution in [0.2, 0.25) is 0 Å². The fourth-order valence-corrected chi connectivity index (χ4v) is 3.73. The predicted molar refractivity (Wildman–Crippen MR) is 102 cm³/mol. The second-order valence-corrected chi connectivity index (χ2v) is 7.08. The zero-order valence-corrected chi connectivity index (χ0v) is 15.4. The van der Waals surface area contributed by atoms with E-state index in [0.717, 1.165) is 34.0 Å². The van der Waals surface area contributed by atoms with Gasteiger partial charge in [-0.2, -0.15) is 0 Å². The summed E-state index contributed by atoms with van der Waals surface area (Å²) in [6, 6.07) is 9.40. The molecule has 28 heavy (non-hydrogen) atoms. The maximum Gasteiger partial charge on any atom is 0.262 e. The van der Waals surface area contributed by atoms with E-state index in [4.69, 9.17) is 4.42 Å². The fourth-order valence-electron chi connectivity index (χ4n) is 2.75. The third-order valence-electron chi connectivity index (χ3n) is 4.14. The van der Waals surface area contributed by atoms with Crippen LogP contribution in [0.3, 0.4) is 0 Å². The van der Waals surface area contributed by atoms with Crippen LogP contribution in [0.15, 0.2) is 59.7 Å². The molecule has 140 valence electrons. The Bertz CT molecular complexity index is 1140. The Kier molecular flexibility index (Phi) is 4.70. The Balaban J connectivity index is 1.62. The Morgan fingerprint density at radius 2 is 1.86 bits per heavy atom. The van der Waals surface area contributed by atoms with Crippen LogP contribution < -0.4 is 5.32 Å². The van der Waals surface area contributed by atoms with Gasteiger partial charge in [0, 0.05) is 10.4 Å². The minimum Gasteiger partial charge on any atom is -0.444 e. The first kappa shape index (κ1) is 18.0. The smallest absolute Gasteiger partial charge is 0.262 e. The number of carbonyl (C=O) groups excluding carboxylic acids is 1. The summed E-state index contributed by atoms with van der Waals surface area (Å²) in [4.78, 5) is 20.4. The van der Waals surface area contributed by atoms with Gasteiger partial charge < -0.3 is 9.73 Å². The zero-order valence-electron chi connectivity index (χ0n) is 14.6. The summed E-state index contributed by atoms with van der Waals surface area (Å²) in [7, 11) is 0. The second kappa shape index (κ2) is 7.32. The predicted octanol–water partition coefficient (Wildman–Crippen LogP) is 5.30. The molecule has 0 atom stereocenters. The summed E-state index contributed by atoms with van der Waals surface area (Å²) in [6.45, 7) is 1.97. The molecule has 0 aliphatic rings. The van der Waals surface area contributed by atoms with Gasteiger partial charge in [0.05, 0.1) is 23.6 Å². The molecule has 0 saturated carbocycles. The molecule has 0 saturated heterocycles. The van der Waals surface area contributed by atoms with Gasteiger partial charge in [-0.15, -0.1) is 11.3 Å². The van der Waals surface area contributed by atoms with Gasteiger partial charge in [-0.25, -0.2) is 13.8 Å². The lowest BCUT2D eigenvalue weighted by molar-refractivity contribution is 0.101. The number of nitrogens with zero attached hydrogens (tertiary/aromatic N) is 2. The van der Waals surface area contributed by atoms with E-state index in [1.54, 1.807) is 12.3 Å². The van der Waals surface area contributed by atoms with Crippen molar-refractivity contribution in [2.75, 3.05) is 5.32 Å². The Morgan fingerprint density at radius 3 is 2.57 bits per heavy atom. The topological polar surface area (TPSA) is 68.0 Å². The van der Waals surface area contributed by atoms with Gasteiger partial charge in [0.25, 0.3) is 5.91 Å². The van der Waals surface area contributed by atoms with Crippen molar-refractivity contribution in [2.45, 2.75) is 6.92 Å². The highest BCUT2D eigenvalue weighted by molar-refractivity contribution is 7.19. The van der Waals surface area contributed by atoms with Gasteiger partial charge in [0.15, 0.2) is 23.8 Å². The highest BCUT2D eigenvalue weighted by Gasteiger charge is 2.19. The number of aromatic nitrogens is 2. The van der Waals surface area contributed by atoms with Gasteiger partial charge in [0.2, 0.25) is 0 Å². The number of carbonyl (C=O) groups is 1. The molecule has 1 aromatic carbocycles. The van der Waals surface area contributed by atoms with Crippen molar-refractivity contribution in [1.82, 2.24) is 9.97 Å². The number of hydrogen-bond donors (Lipinski definition) is 1. The first-order chi connectivity index (χ1) is 13.5. The lowest BCUT2D eigenvalue weighted by Crippen LogP contribution is -2.15. The van der Waals surface area contributed by atoms with E-state index in [0.29, 0.717) is 10.8 Å². The molecule has 0 unspecified atom stereocenters. The molecule has 8 heteroatoms. The zero-order chi connectivity index (χ0) is 19.7. The van der Waals surface area contributed by atoms with Gasteiger partial charge in [-0.3, -0.25) is 9.78 Å². The summed E-state index contributed by atoms with van der Waals surface area (Å²) < 4.78 is 32.8. The van der Waals surface area contributed by atoms with Gasteiger partial charge >= 0.3 is 0 Å². The molecule has 0 fully saturated rings. The molecule has 4 rings (SSSR count). The van der Waals surface area contributed by atoms with Crippen LogP contribution in [0.1, 0.15) is 15.9 Å². The molecule has 3 aromatic heterocycles. The lowest BCUT2D eigenvalue weighted by atomic mass is 10.0. The summed E-state index contributed by atoms with van der Waals surface area (Å²) in [5.74, 6) is -2.23. The number of oxazole rings is 1. The van der Waals surface area contributed by atoms with E-state index in [9.17, 15) is 13.6 Å². The maximum atomic E-state index is 13.7. The average molecular weight is 397 g/mol. The van der Waals surface area contributed by atoms with Crippen molar-refractivity contribution in [3.05, 3.63) is 78.1 Å². The number of benzene rings is 1. The van der Waals surface area contributed by atoms with Crippen molar-refractivity contribution in [2.24, 2.45) is 0 Å². The summed E-state index contributed by atoms with van der Waals surface area (Å²) in [5, 5.41) is 3.01. The Morgan fingerprint density at radius 1 is 1.07 bits per heavy atom. The van der Waals surface area contributed by atoms with E-state index in [1.807, 2.05) is 31.2 Å². The molecule has 0 bridgehead atoms. The van der Waals surface area contributed by atoms with Gasteiger partial charge in [-0.1, -0.05) is 12.1 Å². The number of rotatable bonds is 4. The second-order valence-electron chi connectivity index (χ2n) is 5.99. The van der Waals surface area contributed by atoms with Gasteiger partial charge in [-0.05, 0) is 36.2 Å². The monoisotopic (exact) mass is 397 g/mol. The van der Waals surface area contributed by atoms with Crippen LogP contribution in [0.25, 0.3) is 21.8 Å². The number of thiophene rings is 1. The van der Waals surface area contributed by atoms with Crippen molar-refractivity contribution >= 4 is 22.2 Å². The van der Waals surface area contributed by atoms with Crippen molar-refractivity contribution in [3.8, 4) is 21.8 Å². The SMILES string of the molecule is Cc1ccc(-c2cnco2)cc1-c1ccc(NC(=O)c2c(F)cncc2F)s1. The van der Waals surface area contributed by atoms with Crippen LogP contribution in [-0.4, -0.2) is 15.9 Å². The van der Waals surface area contributed by atoms with E-state index >= 15 is 0 Å². The number of pyridine rings is 1. The van der Waals surface area contributed by atoms with Crippen LogP contribution in [0.5, 0.6) is 0 Å². The molecule has 3 heterocycles. The minimum atomic E-state index is -1.01. The number of nitrogens with one attached hydrogen (secondary N) is 1. The minimum absolute atomic E-state index is 0.472. The molecule has 5 nitrogen and oxygen atoms in total. The van der Waals surface area contributed by atoms with Crippen molar-refractivity contribution < 1.29 is 18.0 Å². The van der Waals surface area contributed by atoms with Crippen LogP contribution in [0.4, 0.5) is 13.8 Å². The molecular weight excluding hydrogens is 384 g/mol. The number of aryl methyl sites for hydroxylation is 1. The molecule has 0 aliphatic carbocycles. The standard InChI is InChI=1S/C20H13F2N3O2S/c1-11-2-3-12(16-9-24-10-27-16)6-13(11)17-4-5-18(28-17)25-20(26)19-14(21)7-23-8-15(19)22/h2-10H,1H3,(H,25,26). The third kappa shape index (κ3) is 3.41. The quantitative estimate of drug-likeness (QED) is 0.507. The molecule has 4 aromatic rings. The molecular formula is C20H13F2N3O2S. The van der Waals surface area contributed by atoms with E-state index in [2.05, 4.69) is 15.3 Å². The summed E-state index contributed by atoms with van der Waals surface area (Å²) in [6.07, 6.45) is 4.60. The average Bonchev–Trinajstić information content (AvgIpc) is 3.34. The van der Waals surface area contributed by atoms with Crippen LogP contribution in [-0.2, 0) is 0 Å². The molecule has 0 spiro atoms. The lowest BCUT2D eigenvalue weighted by Gasteiger charge is -2.06. The summed E-state index contributed by atoms with van der Waals surface area (Å²) in [5.41, 5.74) is 2.21. The Labute approximate surface area is 162 Å². The van der Waals surface area contributed by atoms with Crippen molar-refractivity contribution in [3.63, 3.8) is 0 Å². The molecule has 0 radical (unpaired) electrons. The number of hydrogen-bond acceptors (Lipinski definition) is 5. The number of halogens is 2. The molecule has 1 N–H and O–H groups in total. The maximum absolute atomic E-state index is 13.7. The molecule has 0 aliphatic heterocycles. The normalized spacial score (nSPS) is 10.8. The van der Waals surface area contributed by atoms with Crippen molar-refractivity contribution in [1.29, 1.82) is 0 Å². The first-order valence-corrected chi connectivity index (χ1v) is 9.04. The highest BCUT2D eigenvalue weighted by atomic mass is 32.1. The molecule has 1 amide bonds. The summed E-state index contributed by atoms with van der Waals surface area (Å²) >= 11 is 1.30. The van der Waals surface area contributed by atoms with Gasteiger partial charge in [0.1, 0.15) is 5.56 Å². The van der Waals surface area contributed by atoms with E-state index in [-0.39, 0.29) is 0 Å². The largest absolute Gasteiger partial charge is 0.444 e. The first-order valence-electron chi connectivity index (χ1n) is 8.23. The van der Waals surface area contributed by atoms with E-state index in [1.165, 1.54) is 17.7 Å². The Hall–Kier alpha value is -3.39. The number of amides is 1. The fraction of sp³-hybridized carbons (Fsp3) is 0.0500. The number of anilines is 1.